The molecule has 9 atom stereocenters. The maximum atomic E-state index is 14.2. The molecule has 5 aliphatic carbocycles. The van der Waals surface area contributed by atoms with E-state index in [2.05, 4.69) is 27.7 Å². The van der Waals surface area contributed by atoms with Crippen LogP contribution in [0.3, 0.4) is 0 Å². The molecule has 35 heavy (non-hydrogen) atoms. The van der Waals surface area contributed by atoms with E-state index in [0.29, 0.717) is 19.3 Å². The molecule has 0 aromatic heterocycles. The van der Waals surface area contributed by atoms with Crippen molar-refractivity contribution in [3.8, 4) is 0 Å². The Morgan fingerprint density at radius 1 is 0.857 bits per heavy atom. The number of rotatable bonds is 2. The second kappa shape index (κ2) is 7.22. The lowest BCUT2D eigenvalue weighted by Gasteiger charge is -2.69. The minimum atomic E-state index is -0.780. The van der Waals surface area contributed by atoms with Gasteiger partial charge in [0, 0.05) is 5.92 Å². The number of hydrogen-bond acceptors (Lipinski definition) is 3. The molecular weight excluding hydrogens is 440 g/mol. The molecule has 0 amide bonds. The summed E-state index contributed by atoms with van der Waals surface area (Å²) in [5, 5.41) is 20.3. The predicted octanol–water partition coefficient (Wildman–Crippen LogP) is 6.51. The Labute approximate surface area is 210 Å². The van der Waals surface area contributed by atoms with Gasteiger partial charge in [-0.1, -0.05) is 39.7 Å². The molecular formula is C30H44O5. The quantitative estimate of drug-likeness (QED) is 0.466. The van der Waals surface area contributed by atoms with Crippen molar-refractivity contribution in [2.24, 2.45) is 50.2 Å². The van der Waals surface area contributed by atoms with E-state index in [9.17, 15) is 24.6 Å². The third-order valence-corrected chi connectivity index (χ3v) is 13.0. The molecule has 0 aromatic rings. The van der Waals surface area contributed by atoms with Gasteiger partial charge in [0.05, 0.1) is 10.8 Å². The molecule has 5 nitrogen and oxygen atoms in total. The van der Waals surface area contributed by atoms with E-state index in [1.165, 1.54) is 5.57 Å². The van der Waals surface area contributed by atoms with Crippen LogP contribution in [-0.2, 0) is 14.4 Å². The van der Waals surface area contributed by atoms with Gasteiger partial charge in [-0.25, -0.2) is 0 Å². The summed E-state index contributed by atoms with van der Waals surface area (Å²) in [7, 11) is 0. The maximum absolute atomic E-state index is 14.2. The van der Waals surface area contributed by atoms with E-state index in [1.807, 2.05) is 19.9 Å². The van der Waals surface area contributed by atoms with Crippen molar-refractivity contribution < 1.29 is 24.6 Å². The Kier molecular flexibility index (Phi) is 5.16. The number of carbonyl (C=O) groups excluding carboxylic acids is 1. The van der Waals surface area contributed by atoms with Gasteiger partial charge < -0.3 is 10.2 Å². The van der Waals surface area contributed by atoms with Crippen molar-refractivity contribution >= 4 is 17.7 Å². The van der Waals surface area contributed by atoms with E-state index in [-0.39, 0.29) is 45.2 Å². The third-order valence-electron chi connectivity index (χ3n) is 13.0. The standard InChI is InChI=1S/C30H44O5/c1-25-12-13-26(2,23(32)33)17-19(25)18-16-20(31)22-27(3)9-7-10-28(4,24(34)35)21(27)8-11-30(22,6)29(18,5)15-14-25/h16,19,21-22H,7-15,17H2,1-6H3,(H,32,33)(H,34,35)/t19-,21+,22+,25+,26-,27-,28+,29+,30+/m0/s1. The van der Waals surface area contributed by atoms with Crippen LogP contribution in [0.25, 0.3) is 0 Å². The fourth-order valence-corrected chi connectivity index (χ4v) is 10.4. The van der Waals surface area contributed by atoms with Crippen LogP contribution in [0.2, 0.25) is 0 Å². The topological polar surface area (TPSA) is 91.7 Å². The molecule has 5 rings (SSSR count). The fraction of sp³-hybridized carbons (Fsp3) is 0.833. The van der Waals surface area contributed by atoms with Crippen molar-refractivity contribution in [1.29, 1.82) is 0 Å². The molecule has 0 aromatic carbocycles. The fourth-order valence-electron chi connectivity index (χ4n) is 10.4. The first kappa shape index (κ1) is 25.0. The molecule has 194 valence electrons. The summed E-state index contributed by atoms with van der Waals surface area (Å²) in [6.07, 6.45) is 10.4. The minimum absolute atomic E-state index is 0.000615. The van der Waals surface area contributed by atoms with Gasteiger partial charge in [0.1, 0.15) is 0 Å². The summed E-state index contributed by atoms with van der Waals surface area (Å²) in [4.78, 5) is 38.9. The van der Waals surface area contributed by atoms with Crippen LogP contribution in [-0.4, -0.2) is 27.9 Å². The highest BCUT2D eigenvalue weighted by Crippen LogP contribution is 2.75. The molecule has 0 aliphatic heterocycles. The number of aliphatic carboxylic acids is 2. The highest BCUT2D eigenvalue weighted by Gasteiger charge is 2.70. The first-order valence-electron chi connectivity index (χ1n) is 13.8. The first-order valence-corrected chi connectivity index (χ1v) is 13.8. The van der Waals surface area contributed by atoms with Gasteiger partial charge in [0.15, 0.2) is 5.78 Å². The molecule has 4 saturated carbocycles. The van der Waals surface area contributed by atoms with E-state index in [4.69, 9.17) is 0 Å². The highest BCUT2D eigenvalue weighted by molar-refractivity contribution is 5.96. The smallest absolute Gasteiger partial charge is 0.309 e. The SMILES string of the molecule is C[C@]1(C(=O)O)CC[C@]2(C)CC[C@]3(C)C(=CC(=O)[C@@H]4[C@@]5(C)CCC[C@@](C)(C(=O)O)[C@@H]5CC[C@]43C)[C@@H]2C1. The van der Waals surface area contributed by atoms with Crippen molar-refractivity contribution in [2.45, 2.75) is 106 Å². The van der Waals surface area contributed by atoms with Gasteiger partial charge >= 0.3 is 11.9 Å². The third kappa shape index (κ3) is 2.96. The van der Waals surface area contributed by atoms with Crippen LogP contribution in [0.15, 0.2) is 11.6 Å². The van der Waals surface area contributed by atoms with Crippen LogP contribution in [0.5, 0.6) is 0 Å². The minimum Gasteiger partial charge on any atom is -0.481 e. The van der Waals surface area contributed by atoms with E-state index < -0.39 is 22.8 Å². The highest BCUT2D eigenvalue weighted by atomic mass is 16.4. The Balaban J connectivity index is 1.63. The lowest BCUT2D eigenvalue weighted by Crippen LogP contribution is -2.66. The Morgan fingerprint density at radius 3 is 2.14 bits per heavy atom. The summed E-state index contributed by atoms with van der Waals surface area (Å²) < 4.78 is 0. The van der Waals surface area contributed by atoms with Crippen LogP contribution in [0, 0.1) is 50.2 Å². The van der Waals surface area contributed by atoms with Crippen LogP contribution >= 0.6 is 0 Å². The van der Waals surface area contributed by atoms with E-state index in [1.54, 1.807) is 0 Å². The second-order valence-electron chi connectivity index (χ2n) is 14.6. The Bertz CT molecular complexity index is 1030. The van der Waals surface area contributed by atoms with Crippen LogP contribution in [0.4, 0.5) is 0 Å². The van der Waals surface area contributed by atoms with Gasteiger partial charge in [-0.15, -0.1) is 0 Å². The molecule has 0 radical (unpaired) electrons. The average molecular weight is 485 g/mol. The lowest BCUT2D eigenvalue weighted by atomic mass is 9.33. The number of ketones is 1. The maximum Gasteiger partial charge on any atom is 0.309 e. The van der Waals surface area contributed by atoms with Crippen LogP contribution < -0.4 is 0 Å². The number of fused-ring (bicyclic) bond motifs is 7. The summed E-state index contributed by atoms with van der Waals surface area (Å²) in [6, 6.07) is 0. The Hall–Kier alpha value is -1.65. The normalized spacial score (nSPS) is 53.4. The van der Waals surface area contributed by atoms with Crippen molar-refractivity contribution in [1.82, 2.24) is 0 Å². The molecule has 0 bridgehead atoms. The first-order chi connectivity index (χ1) is 16.1. The monoisotopic (exact) mass is 484 g/mol. The average Bonchev–Trinajstić information content (AvgIpc) is 2.76. The number of allylic oxidation sites excluding steroid dienone is 2. The van der Waals surface area contributed by atoms with Crippen LogP contribution in [0.1, 0.15) is 106 Å². The summed E-state index contributed by atoms with van der Waals surface area (Å²) >= 11 is 0. The number of carbonyl (C=O) groups is 3. The number of carboxylic acid groups (broad SMARTS) is 2. The molecule has 0 heterocycles. The van der Waals surface area contributed by atoms with E-state index in [0.717, 1.165) is 44.9 Å². The van der Waals surface area contributed by atoms with Gasteiger partial charge in [-0.2, -0.15) is 0 Å². The summed E-state index contributed by atoms with van der Waals surface area (Å²) in [6.45, 7) is 13.0. The lowest BCUT2D eigenvalue weighted by molar-refractivity contribution is -0.197. The molecule has 0 spiro atoms. The van der Waals surface area contributed by atoms with Crippen molar-refractivity contribution in [2.75, 3.05) is 0 Å². The molecule has 0 unspecified atom stereocenters. The van der Waals surface area contributed by atoms with Gasteiger partial charge in [-0.05, 0) is 111 Å². The zero-order valence-electron chi connectivity index (χ0n) is 22.5. The molecule has 5 heteroatoms. The molecule has 2 N–H and O–H groups in total. The second-order valence-corrected chi connectivity index (χ2v) is 14.6. The van der Waals surface area contributed by atoms with Gasteiger partial charge in [0.2, 0.25) is 0 Å². The molecule has 0 saturated heterocycles. The zero-order valence-corrected chi connectivity index (χ0v) is 22.5. The van der Waals surface area contributed by atoms with E-state index >= 15 is 0 Å². The Morgan fingerprint density at radius 2 is 1.51 bits per heavy atom. The summed E-state index contributed by atoms with van der Waals surface area (Å²) in [5.41, 5.74) is -1.02. The van der Waals surface area contributed by atoms with Crippen molar-refractivity contribution in [3.05, 3.63) is 11.6 Å². The van der Waals surface area contributed by atoms with Crippen molar-refractivity contribution in [3.63, 3.8) is 0 Å². The number of hydrogen-bond donors (Lipinski definition) is 2. The number of carboxylic acids is 2. The molecule has 5 aliphatic rings. The van der Waals surface area contributed by atoms with Gasteiger partial charge in [-0.3, -0.25) is 14.4 Å². The van der Waals surface area contributed by atoms with Gasteiger partial charge in [0.25, 0.3) is 0 Å². The molecule has 4 fully saturated rings. The largest absolute Gasteiger partial charge is 0.481 e. The summed E-state index contributed by atoms with van der Waals surface area (Å²) in [5.74, 6) is -1.33. The zero-order chi connectivity index (χ0) is 25.8. The predicted molar refractivity (Wildman–Crippen MR) is 134 cm³/mol.